The number of hydrogen-bond acceptors (Lipinski definition) is 4. The Labute approximate surface area is 136 Å². The van der Waals surface area contributed by atoms with E-state index in [1.165, 1.54) is 9.47 Å². The summed E-state index contributed by atoms with van der Waals surface area (Å²) in [6, 6.07) is 6.64. The molecule has 126 valence electrons. The SMILES string of the molecule is O=C(O)CN(C(=O)CCn1c(=O)[nH]c(=O)c2ccccc21)C1CC1. The van der Waals surface area contributed by atoms with Crippen LogP contribution in [0.2, 0.25) is 0 Å². The number of benzene rings is 1. The van der Waals surface area contributed by atoms with E-state index < -0.39 is 17.2 Å². The van der Waals surface area contributed by atoms with E-state index in [-0.39, 0.29) is 31.5 Å². The fourth-order valence-corrected chi connectivity index (χ4v) is 2.77. The molecule has 1 aliphatic rings. The first-order chi connectivity index (χ1) is 11.5. The van der Waals surface area contributed by atoms with E-state index in [2.05, 4.69) is 4.98 Å². The normalized spacial score (nSPS) is 13.8. The van der Waals surface area contributed by atoms with Crippen LogP contribution < -0.4 is 11.2 Å². The van der Waals surface area contributed by atoms with E-state index in [9.17, 15) is 19.2 Å². The number of nitrogens with one attached hydrogen (secondary N) is 1. The van der Waals surface area contributed by atoms with E-state index in [1.54, 1.807) is 24.3 Å². The Hall–Kier alpha value is -2.90. The average Bonchev–Trinajstić information content (AvgIpc) is 3.36. The fraction of sp³-hybridized carbons (Fsp3) is 0.375. The maximum absolute atomic E-state index is 12.3. The molecule has 1 aromatic heterocycles. The second kappa shape index (κ2) is 6.31. The van der Waals surface area contributed by atoms with Gasteiger partial charge in [-0.2, -0.15) is 0 Å². The third-order valence-electron chi connectivity index (χ3n) is 4.07. The zero-order valence-electron chi connectivity index (χ0n) is 12.9. The number of carbonyl (C=O) groups is 2. The lowest BCUT2D eigenvalue weighted by Crippen LogP contribution is -2.38. The monoisotopic (exact) mass is 331 g/mol. The molecule has 0 bridgehead atoms. The van der Waals surface area contributed by atoms with Gasteiger partial charge < -0.3 is 10.0 Å². The molecule has 8 heteroatoms. The predicted molar refractivity (Wildman–Crippen MR) is 85.8 cm³/mol. The number of H-pyrrole nitrogens is 1. The van der Waals surface area contributed by atoms with Gasteiger partial charge in [0.2, 0.25) is 5.91 Å². The summed E-state index contributed by atoms with van der Waals surface area (Å²) in [6.07, 6.45) is 1.61. The van der Waals surface area contributed by atoms with E-state index in [0.717, 1.165) is 12.8 Å². The molecule has 1 amide bonds. The molecule has 8 nitrogen and oxygen atoms in total. The predicted octanol–water partition coefficient (Wildman–Crippen LogP) is 0.156. The Morgan fingerprint density at radius 3 is 2.62 bits per heavy atom. The van der Waals surface area contributed by atoms with Crippen LogP contribution >= 0.6 is 0 Å². The van der Waals surface area contributed by atoms with Crippen molar-refractivity contribution >= 4 is 22.8 Å². The highest BCUT2D eigenvalue weighted by Gasteiger charge is 2.33. The van der Waals surface area contributed by atoms with Gasteiger partial charge in [0.15, 0.2) is 0 Å². The Balaban J connectivity index is 1.83. The standard InChI is InChI=1S/C16H17N3O5/c20-13(19(9-14(21)22)10-5-6-10)7-8-18-12-4-2-1-3-11(12)15(23)17-16(18)24/h1-4,10H,5-9H2,(H,21,22)(H,17,23,24). The number of aryl methyl sites for hydroxylation is 1. The van der Waals surface area contributed by atoms with Crippen LogP contribution in [0, 0.1) is 0 Å². The maximum atomic E-state index is 12.3. The summed E-state index contributed by atoms with van der Waals surface area (Å²) in [6.45, 7) is -0.247. The summed E-state index contributed by atoms with van der Waals surface area (Å²) in [4.78, 5) is 50.7. The van der Waals surface area contributed by atoms with Crippen molar-refractivity contribution in [3.63, 3.8) is 0 Å². The summed E-state index contributed by atoms with van der Waals surface area (Å²) in [5, 5.41) is 9.29. The molecule has 1 aromatic carbocycles. The molecular weight excluding hydrogens is 314 g/mol. The van der Waals surface area contributed by atoms with Gasteiger partial charge in [-0.15, -0.1) is 0 Å². The second-order valence-electron chi connectivity index (χ2n) is 5.82. The third kappa shape index (κ3) is 3.22. The van der Waals surface area contributed by atoms with Crippen molar-refractivity contribution in [1.82, 2.24) is 14.5 Å². The summed E-state index contributed by atoms with van der Waals surface area (Å²) in [5.74, 6) is -1.36. The van der Waals surface area contributed by atoms with E-state index in [4.69, 9.17) is 5.11 Å². The van der Waals surface area contributed by atoms with Gasteiger partial charge in [-0.05, 0) is 25.0 Å². The highest BCUT2D eigenvalue weighted by atomic mass is 16.4. The van der Waals surface area contributed by atoms with Gasteiger partial charge >= 0.3 is 11.7 Å². The molecule has 0 radical (unpaired) electrons. The number of hydrogen-bond donors (Lipinski definition) is 2. The van der Waals surface area contributed by atoms with Crippen molar-refractivity contribution in [2.24, 2.45) is 0 Å². The minimum atomic E-state index is -1.05. The molecule has 0 unspecified atom stereocenters. The van der Waals surface area contributed by atoms with Crippen molar-refractivity contribution < 1.29 is 14.7 Å². The van der Waals surface area contributed by atoms with Gasteiger partial charge in [0.1, 0.15) is 6.54 Å². The van der Waals surface area contributed by atoms with E-state index in [0.29, 0.717) is 10.9 Å². The van der Waals surface area contributed by atoms with Gasteiger partial charge in [-0.25, -0.2) is 4.79 Å². The van der Waals surface area contributed by atoms with Crippen LogP contribution in [0.15, 0.2) is 33.9 Å². The van der Waals surface area contributed by atoms with Crippen LogP contribution in [0.1, 0.15) is 19.3 Å². The zero-order valence-corrected chi connectivity index (χ0v) is 12.9. The molecule has 24 heavy (non-hydrogen) atoms. The van der Waals surface area contributed by atoms with Gasteiger partial charge in [0.25, 0.3) is 5.56 Å². The maximum Gasteiger partial charge on any atom is 0.328 e. The summed E-state index contributed by atoms with van der Waals surface area (Å²) in [5.41, 5.74) is -0.596. The summed E-state index contributed by atoms with van der Waals surface area (Å²) in [7, 11) is 0. The quantitative estimate of drug-likeness (QED) is 0.783. The molecule has 3 rings (SSSR count). The number of carboxylic acid groups (broad SMARTS) is 1. The third-order valence-corrected chi connectivity index (χ3v) is 4.07. The Morgan fingerprint density at radius 2 is 1.96 bits per heavy atom. The number of aromatic amines is 1. The van der Waals surface area contributed by atoms with Crippen LogP contribution in [-0.4, -0.2) is 44.0 Å². The second-order valence-corrected chi connectivity index (χ2v) is 5.82. The summed E-state index contributed by atoms with van der Waals surface area (Å²) >= 11 is 0. The number of nitrogens with zero attached hydrogens (tertiary/aromatic N) is 2. The molecule has 2 N–H and O–H groups in total. The number of aliphatic carboxylic acids is 1. The number of aromatic nitrogens is 2. The lowest BCUT2D eigenvalue weighted by molar-refractivity contribution is -0.145. The highest BCUT2D eigenvalue weighted by molar-refractivity contribution is 5.82. The number of amides is 1. The number of fused-ring (bicyclic) bond motifs is 1. The lowest BCUT2D eigenvalue weighted by Gasteiger charge is -2.20. The van der Waals surface area contributed by atoms with Crippen molar-refractivity contribution in [1.29, 1.82) is 0 Å². The zero-order chi connectivity index (χ0) is 17.3. The lowest BCUT2D eigenvalue weighted by atomic mass is 10.2. The van der Waals surface area contributed by atoms with E-state index in [1.807, 2.05) is 0 Å². The van der Waals surface area contributed by atoms with Crippen LogP contribution in [0.5, 0.6) is 0 Å². The molecule has 0 atom stereocenters. The number of para-hydroxylation sites is 1. The molecule has 1 saturated carbocycles. The Bertz CT molecular complexity index is 910. The molecule has 1 fully saturated rings. The highest BCUT2D eigenvalue weighted by Crippen LogP contribution is 2.27. The topological polar surface area (TPSA) is 112 Å². The molecule has 0 saturated heterocycles. The molecular formula is C16H17N3O5. The minimum Gasteiger partial charge on any atom is -0.480 e. The van der Waals surface area contributed by atoms with Gasteiger partial charge in [0, 0.05) is 19.0 Å². The van der Waals surface area contributed by atoms with Crippen LogP contribution in [0.4, 0.5) is 0 Å². The molecule has 1 heterocycles. The minimum absolute atomic E-state index is 0.000273. The van der Waals surface area contributed by atoms with Crippen LogP contribution in [0.3, 0.4) is 0 Å². The van der Waals surface area contributed by atoms with Crippen molar-refractivity contribution in [3.8, 4) is 0 Å². The number of rotatable bonds is 6. The fourth-order valence-electron chi connectivity index (χ4n) is 2.77. The smallest absolute Gasteiger partial charge is 0.328 e. The van der Waals surface area contributed by atoms with Crippen LogP contribution in [-0.2, 0) is 16.1 Å². The number of carbonyl (C=O) groups excluding carboxylic acids is 1. The number of carboxylic acids is 1. The largest absolute Gasteiger partial charge is 0.480 e. The van der Waals surface area contributed by atoms with Crippen molar-refractivity contribution in [2.75, 3.05) is 6.54 Å². The van der Waals surface area contributed by atoms with Gasteiger partial charge in [-0.3, -0.25) is 23.9 Å². The van der Waals surface area contributed by atoms with Crippen LogP contribution in [0.25, 0.3) is 10.9 Å². The Kier molecular flexibility index (Phi) is 4.20. The summed E-state index contributed by atoms with van der Waals surface area (Å²) < 4.78 is 1.33. The molecule has 2 aromatic rings. The molecule has 0 aliphatic heterocycles. The Morgan fingerprint density at radius 1 is 1.25 bits per heavy atom. The van der Waals surface area contributed by atoms with Crippen molar-refractivity contribution in [3.05, 3.63) is 45.1 Å². The first-order valence-electron chi connectivity index (χ1n) is 7.70. The molecule has 1 aliphatic carbocycles. The van der Waals surface area contributed by atoms with Gasteiger partial charge in [0.05, 0.1) is 10.9 Å². The first-order valence-corrected chi connectivity index (χ1v) is 7.70. The van der Waals surface area contributed by atoms with Gasteiger partial charge in [-0.1, -0.05) is 12.1 Å². The first kappa shape index (κ1) is 16.0. The van der Waals surface area contributed by atoms with E-state index >= 15 is 0 Å². The average molecular weight is 331 g/mol. The molecule has 0 spiro atoms. The van der Waals surface area contributed by atoms with Crippen molar-refractivity contribution in [2.45, 2.75) is 31.8 Å².